The zero-order chi connectivity index (χ0) is 19.0. The Labute approximate surface area is 158 Å². The van der Waals surface area contributed by atoms with Crippen LogP contribution in [0.15, 0.2) is 33.7 Å². The number of halogens is 2. The van der Waals surface area contributed by atoms with Gasteiger partial charge in [-0.15, -0.1) is 0 Å². The molecule has 3 rings (SSSR count). The zero-order valence-corrected chi connectivity index (χ0v) is 15.4. The van der Waals surface area contributed by atoms with Crippen molar-refractivity contribution in [2.24, 2.45) is 7.05 Å². The molecule has 2 N–H and O–H groups in total. The lowest BCUT2D eigenvalue weighted by Crippen LogP contribution is -2.30. The number of carbonyl (C=O) groups excluding carboxylic acids is 1. The predicted octanol–water partition coefficient (Wildman–Crippen LogP) is 2.61. The number of aliphatic hydroxyl groups is 1. The monoisotopic (exact) mass is 395 g/mol. The smallest absolute Gasteiger partial charge is 0.265 e. The van der Waals surface area contributed by atoms with Gasteiger partial charge < -0.3 is 19.4 Å². The average Bonchev–Trinajstić information content (AvgIpc) is 2.91. The fourth-order valence-electron chi connectivity index (χ4n) is 2.62. The molecule has 0 saturated heterocycles. The number of hydrogen-bond acceptors (Lipinski definition) is 5. The third-order valence-corrected chi connectivity index (χ3v) is 4.34. The van der Waals surface area contributed by atoms with Crippen LogP contribution in [0.5, 0.6) is 0 Å². The normalized spacial score (nSPS) is 12.3. The number of furan rings is 1. The summed E-state index contributed by atoms with van der Waals surface area (Å²) in [4.78, 5) is 28.9. The second-order valence-corrected chi connectivity index (χ2v) is 6.68. The Hall–Kier alpha value is -2.35. The van der Waals surface area contributed by atoms with Gasteiger partial charge in [-0.1, -0.05) is 23.2 Å². The van der Waals surface area contributed by atoms with Gasteiger partial charge in [0.2, 0.25) is 5.71 Å². The number of carbonyl (C=O) groups is 1. The molecule has 0 aliphatic heterocycles. The average molecular weight is 396 g/mol. The van der Waals surface area contributed by atoms with Crippen LogP contribution in [0.4, 0.5) is 0 Å². The molecule has 2 heterocycles. The van der Waals surface area contributed by atoms with Crippen LogP contribution >= 0.6 is 23.2 Å². The molecule has 1 aromatic carbocycles. The van der Waals surface area contributed by atoms with Gasteiger partial charge >= 0.3 is 0 Å². The molecule has 0 bridgehead atoms. The summed E-state index contributed by atoms with van der Waals surface area (Å²) < 4.78 is 6.66. The quantitative estimate of drug-likeness (QED) is 0.707. The molecule has 1 atom stereocenters. The summed E-state index contributed by atoms with van der Waals surface area (Å²) in [7, 11) is 1.53. The SMILES string of the molecule is Cc1oc2ncn(C)c(=O)c2c1C(=O)NC[C@H](O)c1cc(Cl)cc(Cl)c1. The molecule has 0 saturated carbocycles. The minimum Gasteiger partial charge on any atom is -0.442 e. The number of rotatable bonds is 4. The molecule has 0 aliphatic rings. The van der Waals surface area contributed by atoms with E-state index in [2.05, 4.69) is 10.3 Å². The van der Waals surface area contributed by atoms with Gasteiger partial charge in [0.05, 0.1) is 11.7 Å². The second kappa shape index (κ2) is 7.11. The first kappa shape index (κ1) is 18.4. The third kappa shape index (κ3) is 3.46. The van der Waals surface area contributed by atoms with E-state index in [9.17, 15) is 14.7 Å². The third-order valence-electron chi connectivity index (χ3n) is 3.90. The molecule has 0 radical (unpaired) electrons. The summed E-state index contributed by atoms with van der Waals surface area (Å²) in [6, 6.07) is 4.66. The van der Waals surface area contributed by atoms with E-state index in [4.69, 9.17) is 27.6 Å². The van der Waals surface area contributed by atoms with Crippen LogP contribution in [-0.4, -0.2) is 27.1 Å². The van der Waals surface area contributed by atoms with Gasteiger partial charge in [-0.25, -0.2) is 4.98 Å². The van der Waals surface area contributed by atoms with Crippen LogP contribution in [0, 0.1) is 6.92 Å². The maximum Gasteiger partial charge on any atom is 0.265 e. The Morgan fingerprint density at radius 3 is 2.65 bits per heavy atom. The van der Waals surface area contributed by atoms with Crippen molar-refractivity contribution in [1.29, 1.82) is 0 Å². The van der Waals surface area contributed by atoms with Gasteiger partial charge in [-0.2, -0.15) is 0 Å². The van der Waals surface area contributed by atoms with Gasteiger partial charge in [0, 0.05) is 23.6 Å². The molecular formula is C17H15Cl2N3O4. The fourth-order valence-corrected chi connectivity index (χ4v) is 3.17. The summed E-state index contributed by atoms with van der Waals surface area (Å²) >= 11 is 11.8. The first-order valence-electron chi connectivity index (χ1n) is 7.65. The van der Waals surface area contributed by atoms with Crippen LogP contribution in [0.3, 0.4) is 0 Å². The second-order valence-electron chi connectivity index (χ2n) is 5.80. The van der Waals surface area contributed by atoms with Crippen molar-refractivity contribution in [1.82, 2.24) is 14.9 Å². The molecule has 0 aliphatic carbocycles. The maximum absolute atomic E-state index is 12.6. The van der Waals surface area contributed by atoms with Crippen molar-refractivity contribution in [2.45, 2.75) is 13.0 Å². The molecule has 136 valence electrons. The summed E-state index contributed by atoms with van der Waals surface area (Å²) in [5, 5.41) is 13.7. The van der Waals surface area contributed by atoms with Gasteiger partial charge in [-0.05, 0) is 30.7 Å². The summed E-state index contributed by atoms with van der Waals surface area (Å²) in [6.07, 6.45) is 0.302. The van der Waals surface area contributed by atoms with Crippen LogP contribution in [-0.2, 0) is 7.05 Å². The minimum atomic E-state index is -1.02. The van der Waals surface area contributed by atoms with E-state index in [0.717, 1.165) is 0 Å². The van der Waals surface area contributed by atoms with Gasteiger partial charge in [-0.3, -0.25) is 9.59 Å². The summed E-state index contributed by atoms with van der Waals surface area (Å²) in [5.74, 6) is -0.271. The number of aryl methyl sites for hydroxylation is 2. The highest BCUT2D eigenvalue weighted by molar-refractivity contribution is 6.34. The van der Waals surface area contributed by atoms with Crippen LogP contribution in [0.2, 0.25) is 10.0 Å². The number of nitrogens with zero attached hydrogens (tertiary/aromatic N) is 2. The largest absolute Gasteiger partial charge is 0.442 e. The molecule has 2 aromatic heterocycles. The van der Waals surface area contributed by atoms with E-state index >= 15 is 0 Å². The van der Waals surface area contributed by atoms with Crippen LogP contribution in [0.1, 0.15) is 27.8 Å². The Bertz CT molecular complexity index is 1040. The molecular weight excluding hydrogens is 381 g/mol. The summed E-state index contributed by atoms with van der Waals surface area (Å²) in [5.41, 5.74) is 0.274. The van der Waals surface area contributed by atoms with E-state index in [1.54, 1.807) is 25.1 Å². The highest BCUT2D eigenvalue weighted by Gasteiger charge is 2.23. The van der Waals surface area contributed by atoms with Crippen molar-refractivity contribution in [3.63, 3.8) is 0 Å². The Morgan fingerprint density at radius 1 is 1.35 bits per heavy atom. The van der Waals surface area contributed by atoms with E-state index in [1.165, 1.54) is 17.9 Å². The van der Waals surface area contributed by atoms with Gasteiger partial charge in [0.25, 0.3) is 11.5 Å². The number of benzene rings is 1. The first-order chi connectivity index (χ1) is 12.3. The first-order valence-corrected chi connectivity index (χ1v) is 8.40. The molecule has 7 nitrogen and oxygen atoms in total. The molecule has 9 heteroatoms. The highest BCUT2D eigenvalue weighted by Crippen LogP contribution is 2.24. The van der Waals surface area contributed by atoms with Crippen molar-refractivity contribution in [3.8, 4) is 0 Å². The highest BCUT2D eigenvalue weighted by atomic mass is 35.5. The van der Waals surface area contributed by atoms with Crippen LogP contribution < -0.4 is 10.9 Å². The van der Waals surface area contributed by atoms with E-state index in [1.807, 2.05) is 0 Å². The van der Waals surface area contributed by atoms with Crippen molar-refractivity contribution >= 4 is 40.2 Å². The lowest BCUT2D eigenvalue weighted by molar-refractivity contribution is 0.0916. The van der Waals surface area contributed by atoms with E-state index < -0.39 is 12.0 Å². The molecule has 1 amide bonds. The zero-order valence-electron chi connectivity index (χ0n) is 13.9. The summed E-state index contributed by atoms with van der Waals surface area (Å²) in [6.45, 7) is 1.48. The Kier molecular flexibility index (Phi) is 5.04. The van der Waals surface area contributed by atoms with Gasteiger partial charge in [0.1, 0.15) is 17.5 Å². The number of fused-ring (bicyclic) bond motifs is 1. The van der Waals surface area contributed by atoms with E-state index in [0.29, 0.717) is 15.6 Å². The molecule has 0 fully saturated rings. The number of nitrogens with one attached hydrogen (secondary N) is 1. The predicted molar refractivity (Wildman–Crippen MR) is 97.7 cm³/mol. The van der Waals surface area contributed by atoms with Crippen molar-refractivity contribution < 1.29 is 14.3 Å². The van der Waals surface area contributed by atoms with Gasteiger partial charge in [0.15, 0.2) is 0 Å². The standard InChI is InChI=1S/C17H15Cl2N3O4/c1-8-13(14-16(26-8)21-7-22(2)17(14)25)15(24)20-6-12(23)9-3-10(18)5-11(19)4-9/h3-5,7,12,23H,6H2,1-2H3,(H,20,24)/t12-/m0/s1. The molecule has 3 aromatic rings. The lowest BCUT2D eigenvalue weighted by Gasteiger charge is -2.13. The number of amides is 1. The lowest BCUT2D eigenvalue weighted by atomic mass is 10.1. The number of hydrogen-bond donors (Lipinski definition) is 2. The van der Waals surface area contributed by atoms with Crippen LogP contribution in [0.25, 0.3) is 11.1 Å². The topological polar surface area (TPSA) is 97.4 Å². The number of aromatic nitrogens is 2. The molecule has 0 unspecified atom stereocenters. The molecule has 0 spiro atoms. The fraction of sp³-hybridized carbons (Fsp3) is 0.235. The van der Waals surface area contributed by atoms with E-state index in [-0.39, 0.29) is 34.5 Å². The molecule has 26 heavy (non-hydrogen) atoms. The number of aliphatic hydroxyl groups excluding tert-OH is 1. The Balaban J connectivity index is 1.85. The maximum atomic E-state index is 12.6. The Morgan fingerprint density at radius 2 is 2.00 bits per heavy atom. The van der Waals surface area contributed by atoms with Crippen molar-refractivity contribution in [3.05, 3.63) is 61.8 Å². The minimum absolute atomic E-state index is 0.0950. The van der Waals surface area contributed by atoms with Crippen molar-refractivity contribution in [2.75, 3.05) is 6.54 Å².